The Kier molecular flexibility index (Phi) is 6.92. The summed E-state index contributed by atoms with van der Waals surface area (Å²) in [7, 11) is 4.53. The summed E-state index contributed by atoms with van der Waals surface area (Å²) in [6.07, 6.45) is 1.73. The Bertz CT molecular complexity index is 1120. The normalized spacial score (nSPS) is 10.7. The van der Waals surface area contributed by atoms with Crippen molar-refractivity contribution < 1.29 is 23.7 Å². The standard InChI is InChI=1S/C25H21NO5/c1-28-20-12-10-18(11-13-20)19(16-26)14-17-6-4-7-21(15-17)31-25(27)24-22(29-2)8-5-9-23(24)30-3/h4-15H,1-3H3/b19-14-. The molecule has 0 N–H and O–H groups in total. The minimum atomic E-state index is -0.605. The van der Waals surface area contributed by atoms with Crippen LogP contribution in [0, 0.1) is 11.3 Å². The van der Waals surface area contributed by atoms with E-state index in [9.17, 15) is 10.1 Å². The fraction of sp³-hybridized carbons (Fsp3) is 0.120. The summed E-state index contributed by atoms with van der Waals surface area (Å²) in [5.74, 6) is 1.14. The predicted molar refractivity (Wildman–Crippen MR) is 117 cm³/mol. The Morgan fingerprint density at radius 2 is 1.48 bits per heavy atom. The monoisotopic (exact) mass is 415 g/mol. The molecule has 0 aliphatic carbocycles. The van der Waals surface area contributed by atoms with Gasteiger partial charge in [-0.05, 0) is 65.7 Å². The van der Waals surface area contributed by atoms with Crippen LogP contribution >= 0.6 is 0 Å². The van der Waals surface area contributed by atoms with Gasteiger partial charge in [0, 0.05) is 0 Å². The van der Waals surface area contributed by atoms with Gasteiger partial charge in [0.25, 0.3) is 0 Å². The number of carbonyl (C=O) groups excluding carboxylic acids is 1. The third-order valence-corrected chi connectivity index (χ3v) is 4.53. The van der Waals surface area contributed by atoms with Gasteiger partial charge in [-0.25, -0.2) is 4.79 Å². The maximum absolute atomic E-state index is 12.8. The van der Waals surface area contributed by atoms with Crippen molar-refractivity contribution in [3.8, 4) is 29.1 Å². The zero-order valence-corrected chi connectivity index (χ0v) is 17.4. The largest absolute Gasteiger partial charge is 0.497 e. The van der Waals surface area contributed by atoms with Crippen LogP contribution in [-0.2, 0) is 0 Å². The topological polar surface area (TPSA) is 77.8 Å². The first-order valence-corrected chi connectivity index (χ1v) is 9.39. The van der Waals surface area contributed by atoms with Crippen LogP contribution in [0.5, 0.6) is 23.0 Å². The number of carbonyl (C=O) groups is 1. The van der Waals surface area contributed by atoms with Gasteiger partial charge in [0.05, 0.1) is 33.0 Å². The fourth-order valence-corrected chi connectivity index (χ4v) is 3.00. The van der Waals surface area contributed by atoms with Gasteiger partial charge in [-0.1, -0.05) is 18.2 Å². The van der Waals surface area contributed by atoms with E-state index in [1.165, 1.54) is 14.2 Å². The number of hydrogen-bond donors (Lipinski definition) is 0. The lowest BCUT2D eigenvalue weighted by Crippen LogP contribution is -2.12. The summed E-state index contributed by atoms with van der Waals surface area (Å²) < 4.78 is 21.2. The van der Waals surface area contributed by atoms with Crippen molar-refractivity contribution in [2.24, 2.45) is 0 Å². The van der Waals surface area contributed by atoms with Crippen molar-refractivity contribution >= 4 is 17.6 Å². The molecule has 0 spiro atoms. The van der Waals surface area contributed by atoms with E-state index in [4.69, 9.17) is 18.9 Å². The van der Waals surface area contributed by atoms with Crippen LogP contribution in [0.2, 0.25) is 0 Å². The molecule has 0 amide bonds. The molecule has 0 unspecified atom stereocenters. The van der Waals surface area contributed by atoms with E-state index < -0.39 is 5.97 Å². The number of hydrogen-bond acceptors (Lipinski definition) is 6. The Balaban J connectivity index is 1.87. The number of esters is 1. The highest BCUT2D eigenvalue weighted by Crippen LogP contribution is 2.30. The van der Waals surface area contributed by atoms with Crippen LogP contribution in [0.25, 0.3) is 11.6 Å². The zero-order valence-electron chi connectivity index (χ0n) is 17.4. The van der Waals surface area contributed by atoms with Gasteiger partial charge in [0.1, 0.15) is 28.6 Å². The Hall–Kier alpha value is -4.24. The van der Waals surface area contributed by atoms with E-state index in [2.05, 4.69) is 6.07 Å². The quantitative estimate of drug-likeness (QED) is 0.234. The van der Waals surface area contributed by atoms with Crippen molar-refractivity contribution in [3.05, 3.63) is 83.4 Å². The maximum atomic E-state index is 12.8. The van der Waals surface area contributed by atoms with Gasteiger partial charge in [0.2, 0.25) is 0 Å². The lowest BCUT2D eigenvalue weighted by Gasteiger charge is -2.12. The summed E-state index contributed by atoms with van der Waals surface area (Å²) in [6, 6.07) is 21.4. The van der Waals surface area contributed by atoms with Crippen LogP contribution in [0.3, 0.4) is 0 Å². The molecular formula is C25H21NO5. The average molecular weight is 415 g/mol. The summed E-state index contributed by atoms with van der Waals surface area (Å²) in [6.45, 7) is 0. The third-order valence-electron chi connectivity index (χ3n) is 4.53. The molecule has 6 nitrogen and oxygen atoms in total. The molecule has 0 heterocycles. The van der Waals surface area contributed by atoms with Crippen LogP contribution in [0.15, 0.2) is 66.7 Å². The molecule has 3 aromatic carbocycles. The predicted octanol–water partition coefficient (Wildman–Crippen LogP) is 5.00. The van der Waals surface area contributed by atoms with Crippen LogP contribution < -0.4 is 18.9 Å². The van der Waals surface area contributed by atoms with Gasteiger partial charge in [-0.15, -0.1) is 0 Å². The molecule has 0 aliphatic rings. The Morgan fingerprint density at radius 3 is 2.06 bits per heavy atom. The minimum absolute atomic E-state index is 0.199. The molecule has 0 fully saturated rings. The maximum Gasteiger partial charge on any atom is 0.351 e. The van der Waals surface area contributed by atoms with E-state index >= 15 is 0 Å². The number of ether oxygens (including phenoxy) is 4. The molecule has 0 saturated heterocycles. The second kappa shape index (κ2) is 9.99. The van der Waals surface area contributed by atoms with Crippen molar-refractivity contribution in [1.29, 1.82) is 5.26 Å². The Morgan fingerprint density at radius 1 is 0.839 bits per heavy atom. The molecule has 0 aromatic heterocycles. The van der Waals surface area contributed by atoms with Crippen molar-refractivity contribution in [3.63, 3.8) is 0 Å². The lowest BCUT2D eigenvalue weighted by atomic mass is 10.0. The van der Waals surface area contributed by atoms with Gasteiger partial charge < -0.3 is 18.9 Å². The highest BCUT2D eigenvalue weighted by Gasteiger charge is 2.20. The van der Waals surface area contributed by atoms with Gasteiger partial charge in [-0.3, -0.25) is 0 Å². The van der Waals surface area contributed by atoms with Crippen LogP contribution in [0.4, 0.5) is 0 Å². The van der Waals surface area contributed by atoms with E-state index in [0.717, 1.165) is 5.56 Å². The summed E-state index contributed by atoms with van der Waals surface area (Å²) in [5.41, 5.74) is 2.14. The van der Waals surface area contributed by atoms with Gasteiger partial charge in [-0.2, -0.15) is 5.26 Å². The summed E-state index contributed by atoms with van der Waals surface area (Å²) >= 11 is 0. The molecule has 3 rings (SSSR count). The zero-order chi connectivity index (χ0) is 22.2. The number of rotatable bonds is 7. The first-order chi connectivity index (χ1) is 15.1. The second-order valence-electron chi connectivity index (χ2n) is 6.40. The SMILES string of the molecule is COc1ccc(/C(C#N)=C\c2cccc(OC(=O)c3c(OC)cccc3OC)c2)cc1. The van der Waals surface area contributed by atoms with Crippen molar-refractivity contribution in [2.75, 3.05) is 21.3 Å². The van der Waals surface area contributed by atoms with Crippen molar-refractivity contribution in [1.82, 2.24) is 0 Å². The molecule has 0 saturated carbocycles. The highest BCUT2D eigenvalue weighted by atomic mass is 16.5. The fourth-order valence-electron chi connectivity index (χ4n) is 3.00. The molecule has 31 heavy (non-hydrogen) atoms. The van der Waals surface area contributed by atoms with E-state index in [1.54, 1.807) is 61.7 Å². The van der Waals surface area contributed by atoms with E-state index in [0.29, 0.717) is 34.1 Å². The molecule has 6 heteroatoms. The molecule has 0 atom stereocenters. The van der Waals surface area contributed by atoms with Crippen LogP contribution in [0.1, 0.15) is 21.5 Å². The summed E-state index contributed by atoms with van der Waals surface area (Å²) in [4.78, 5) is 12.8. The number of nitriles is 1. The van der Waals surface area contributed by atoms with Crippen molar-refractivity contribution in [2.45, 2.75) is 0 Å². The molecule has 156 valence electrons. The number of benzene rings is 3. The van der Waals surface area contributed by atoms with Gasteiger partial charge in [0.15, 0.2) is 0 Å². The molecule has 0 aliphatic heterocycles. The molecule has 3 aromatic rings. The molecule has 0 bridgehead atoms. The summed E-state index contributed by atoms with van der Waals surface area (Å²) in [5, 5.41) is 9.58. The second-order valence-corrected chi connectivity index (χ2v) is 6.40. The highest BCUT2D eigenvalue weighted by molar-refractivity contribution is 5.97. The Labute approximate surface area is 180 Å². The number of nitrogens with zero attached hydrogens (tertiary/aromatic N) is 1. The van der Waals surface area contributed by atoms with E-state index in [1.807, 2.05) is 18.2 Å². The van der Waals surface area contributed by atoms with E-state index in [-0.39, 0.29) is 5.56 Å². The van der Waals surface area contributed by atoms with Gasteiger partial charge >= 0.3 is 5.97 Å². The third kappa shape index (κ3) is 5.03. The minimum Gasteiger partial charge on any atom is -0.497 e. The number of allylic oxidation sites excluding steroid dienone is 1. The first kappa shape index (κ1) is 21.5. The average Bonchev–Trinajstić information content (AvgIpc) is 2.82. The smallest absolute Gasteiger partial charge is 0.351 e. The first-order valence-electron chi connectivity index (χ1n) is 9.39. The van der Waals surface area contributed by atoms with Crippen LogP contribution in [-0.4, -0.2) is 27.3 Å². The number of methoxy groups -OCH3 is 3. The molecule has 0 radical (unpaired) electrons. The lowest BCUT2D eigenvalue weighted by molar-refractivity contribution is 0.0727. The molecular weight excluding hydrogens is 394 g/mol.